The maximum atomic E-state index is 6.43. The number of thiophene rings is 1. The molecule has 0 aliphatic carbocycles. The Morgan fingerprint density at radius 3 is 1.82 bits per heavy atom. The van der Waals surface area contributed by atoms with Crippen LogP contribution in [0.25, 0.3) is 108 Å². The van der Waals surface area contributed by atoms with Crippen molar-refractivity contribution in [2.24, 2.45) is 0 Å². The maximum absolute atomic E-state index is 6.43. The number of benzene rings is 8. The van der Waals surface area contributed by atoms with Gasteiger partial charge in [-0.1, -0.05) is 115 Å². The van der Waals surface area contributed by atoms with E-state index in [1.807, 2.05) is 23.7 Å². The number of hydrogen-bond acceptors (Lipinski definition) is 3. The molecular formula is C46H26O2S. The second kappa shape index (κ2) is 10.2. The first-order chi connectivity index (χ1) is 24.3. The van der Waals surface area contributed by atoms with E-state index in [9.17, 15) is 0 Å². The highest BCUT2D eigenvalue weighted by atomic mass is 32.1. The average molecular weight is 643 g/mol. The summed E-state index contributed by atoms with van der Waals surface area (Å²) >= 11 is 1.87. The van der Waals surface area contributed by atoms with Crippen molar-refractivity contribution in [3.8, 4) is 33.4 Å². The Balaban J connectivity index is 1.21. The molecule has 0 bridgehead atoms. The smallest absolute Gasteiger partial charge is 0.146 e. The van der Waals surface area contributed by atoms with Crippen molar-refractivity contribution in [1.29, 1.82) is 0 Å². The van der Waals surface area contributed by atoms with Crippen LogP contribution in [0.4, 0.5) is 0 Å². The van der Waals surface area contributed by atoms with Gasteiger partial charge in [-0.15, -0.1) is 11.3 Å². The Morgan fingerprint density at radius 2 is 1.04 bits per heavy atom. The molecule has 0 radical (unpaired) electrons. The molecule has 0 N–H and O–H groups in total. The lowest BCUT2D eigenvalue weighted by molar-refractivity contribution is 0.619. The molecular weight excluding hydrogens is 617 g/mol. The summed E-state index contributed by atoms with van der Waals surface area (Å²) in [5, 5.41) is 10.7. The van der Waals surface area contributed by atoms with Crippen LogP contribution in [0.2, 0.25) is 0 Å². The van der Waals surface area contributed by atoms with Crippen LogP contribution >= 0.6 is 11.3 Å². The van der Waals surface area contributed by atoms with Crippen LogP contribution < -0.4 is 0 Å². The largest absolute Gasteiger partial charge is 0.463 e. The molecule has 0 unspecified atom stereocenters. The van der Waals surface area contributed by atoms with Gasteiger partial charge in [0, 0.05) is 36.5 Å². The molecule has 0 atom stereocenters. The summed E-state index contributed by atoms with van der Waals surface area (Å²) < 4.78 is 15.4. The van der Waals surface area contributed by atoms with Gasteiger partial charge in [-0.2, -0.15) is 0 Å². The molecule has 0 fully saturated rings. The molecule has 3 heteroatoms. The van der Waals surface area contributed by atoms with Gasteiger partial charge in [0.2, 0.25) is 0 Å². The summed E-state index contributed by atoms with van der Waals surface area (Å²) in [6, 6.07) is 54.6. The van der Waals surface area contributed by atoms with Crippen molar-refractivity contribution in [1.82, 2.24) is 0 Å². The first kappa shape index (κ1) is 26.9. The van der Waals surface area contributed by atoms with E-state index in [0.29, 0.717) is 0 Å². The molecule has 8 aromatic carbocycles. The molecule has 0 aliphatic rings. The molecule has 11 rings (SSSR count). The number of fused-ring (bicyclic) bond motifs is 10. The van der Waals surface area contributed by atoms with E-state index < -0.39 is 0 Å². The van der Waals surface area contributed by atoms with Crippen molar-refractivity contribution in [2.45, 2.75) is 0 Å². The molecule has 49 heavy (non-hydrogen) atoms. The zero-order valence-electron chi connectivity index (χ0n) is 26.2. The first-order valence-electron chi connectivity index (χ1n) is 16.6. The van der Waals surface area contributed by atoms with E-state index in [1.54, 1.807) is 0 Å². The van der Waals surface area contributed by atoms with Gasteiger partial charge in [0.25, 0.3) is 0 Å². The molecule has 228 valence electrons. The Labute approximate surface area is 285 Å². The van der Waals surface area contributed by atoms with Gasteiger partial charge in [0.05, 0.1) is 11.6 Å². The Hall–Kier alpha value is -6.16. The lowest BCUT2D eigenvalue weighted by atomic mass is 9.84. The van der Waals surface area contributed by atoms with E-state index in [2.05, 4.69) is 146 Å². The summed E-state index contributed by atoms with van der Waals surface area (Å²) in [7, 11) is 0. The van der Waals surface area contributed by atoms with E-state index in [-0.39, 0.29) is 0 Å². The van der Waals surface area contributed by atoms with Gasteiger partial charge in [0.15, 0.2) is 0 Å². The Kier molecular flexibility index (Phi) is 5.57. The van der Waals surface area contributed by atoms with Crippen molar-refractivity contribution in [2.75, 3.05) is 0 Å². The summed E-state index contributed by atoms with van der Waals surface area (Å²) in [4.78, 5) is 0. The molecule has 0 aliphatic heterocycles. The summed E-state index contributed by atoms with van der Waals surface area (Å²) in [5.74, 6) is 0. The van der Waals surface area contributed by atoms with Crippen LogP contribution in [0.15, 0.2) is 167 Å². The number of furan rings is 2. The van der Waals surface area contributed by atoms with E-state index >= 15 is 0 Å². The predicted octanol–water partition coefficient (Wildman–Crippen LogP) is 14.0. The minimum atomic E-state index is 0.828. The van der Waals surface area contributed by atoms with Crippen molar-refractivity contribution >= 4 is 86.0 Å². The van der Waals surface area contributed by atoms with Gasteiger partial charge < -0.3 is 8.83 Å². The van der Waals surface area contributed by atoms with Crippen LogP contribution in [0, 0.1) is 0 Å². The zero-order valence-corrected chi connectivity index (χ0v) is 27.1. The average Bonchev–Trinajstić information content (AvgIpc) is 3.87. The zero-order chi connectivity index (χ0) is 32.1. The third-order valence-corrected chi connectivity index (χ3v) is 11.3. The van der Waals surface area contributed by atoms with E-state index in [0.717, 1.165) is 49.6 Å². The Morgan fingerprint density at radius 1 is 0.388 bits per heavy atom. The summed E-state index contributed by atoms with van der Waals surface area (Å²) in [6.45, 7) is 0. The van der Waals surface area contributed by atoms with Crippen LogP contribution in [-0.2, 0) is 0 Å². The Bertz CT molecular complexity index is 3050. The molecule has 3 heterocycles. The fraction of sp³-hybridized carbons (Fsp3) is 0. The second-order valence-corrected chi connectivity index (χ2v) is 13.8. The van der Waals surface area contributed by atoms with Gasteiger partial charge in [-0.25, -0.2) is 0 Å². The molecule has 11 aromatic rings. The third-order valence-electron chi connectivity index (χ3n) is 10.1. The molecule has 0 spiro atoms. The van der Waals surface area contributed by atoms with Gasteiger partial charge in [0.1, 0.15) is 16.7 Å². The lowest BCUT2D eigenvalue weighted by Crippen LogP contribution is -1.91. The fourth-order valence-electron chi connectivity index (χ4n) is 8.06. The van der Waals surface area contributed by atoms with Crippen molar-refractivity contribution in [3.05, 3.63) is 158 Å². The third kappa shape index (κ3) is 3.82. The maximum Gasteiger partial charge on any atom is 0.146 e. The molecule has 3 aromatic heterocycles. The van der Waals surface area contributed by atoms with E-state index in [4.69, 9.17) is 8.83 Å². The second-order valence-electron chi connectivity index (χ2n) is 12.8. The quantitative estimate of drug-likeness (QED) is 0.179. The molecule has 0 amide bonds. The van der Waals surface area contributed by atoms with Gasteiger partial charge >= 0.3 is 0 Å². The predicted molar refractivity (Wildman–Crippen MR) is 208 cm³/mol. The standard InChI is InChI=1S/C46H26O2S/c1-2-11-27(12-3-1)37-26-47-46-33(37)22-24-39-45(46)36-25-28(21-23-38(36)48-39)42-29-13-4-6-15-31(29)43(32-16-7-5-14-30(32)42)35-18-10-20-41-44(35)34-17-8-9-19-40(34)49-41/h1-26H. The summed E-state index contributed by atoms with van der Waals surface area (Å²) in [6.07, 6.45) is 1.87. The number of rotatable bonds is 3. The first-order valence-corrected chi connectivity index (χ1v) is 17.4. The lowest BCUT2D eigenvalue weighted by Gasteiger charge is -2.18. The minimum absolute atomic E-state index is 0.828. The molecule has 0 saturated carbocycles. The normalized spacial score (nSPS) is 12.1. The van der Waals surface area contributed by atoms with Crippen LogP contribution in [-0.4, -0.2) is 0 Å². The van der Waals surface area contributed by atoms with Crippen LogP contribution in [0.3, 0.4) is 0 Å². The van der Waals surface area contributed by atoms with E-state index in [1.165, 1.54) is 58.4 Å². The number of hydrogen-bond donors (Lipinski definition) is 0. The highest BCUT2D eigenvalue weighted by molar-refractivity contribution is 7.25. The van der Waals surface area contributed by atoms with Crippen molar-refractivity contribution in [3.63, 3.8) is 0 Å². The van der Waals surface area contributed by atoms with Gasteiger partial charge in [-0.3, -0.25) is 0 Å². The van der Waals surface area contributed by atoms with Crippen LogP contribution in [0.1, 0.15) is 0 Å². The highest BCUT2D eigenvalue weighted by Crippen LogP contribution is 2.49. The topological polar surface area (TPSA) is 26.3 Å². The van der Waals surface area contributed by atoms with Gasteiger partial charge in [-0.05, 0) is 85.8 Å². The monoisotopic (exact) mass is 642 g/mol. The SMILES string of the molecule is c1ccc(-c2coc3c2ccc2oc4ccc(-c5c6ccccc6c(-c6cccc7sc8ccccc8c67)c6ccccc56)cc4c23)cc1. The minimum Gasteiger partial charge on any atom is -0.463 e. The summed E-state index contributed by atoms with van der Waals surface area (Å²) in [5.41, 5.74) is 9.70. The molecule has 2 nitrogen and oxygen atoms in total. The van der Waals surface area contributed by atoms with Crippen LogP contribution in [0.5, 0.6) is 0 Å². The van der Waals surface area contributed by atoms with Crippen molar-refractivity contribution < 1.29 is 8.83 Å². The highest BCUT2D eigenvalue weighted by Gasteiger charge is 2.21. The molecule has 0 saturated heterocycles. The fourth-order valence-corrected chi connectivity index (χ4v) is 9.19.